The summed E-state index contributed by atoms with van der Waals surface area (Å²) in [5, 5.41) is 0. The number of sulfonamides is 1. The number of rotatable bonds is 3. The maximum atomic E-state index is 11.6. The standard InChI is InChI=1S/C8H11NO4S2/c1-7-3-5-8(6-4-7)15(12,13)9(2)14(10)11/h3-6H,1-2H3,(H,10,11)/p-1. The number of hydrogen-bond donors (Lipinski definition) is 0. The van der Waals surface area contributed by atoms with E-state index in [1.807, 2.05) is 6.92 Å². The van der Waals surface area contributed by atoms with Crippen molar-refractivity contribution in [2.45, 2.75) is 11.8 Å². The van der Waals surface area contributed by atoms with E-state index in [-0.39, 0.29) is 8.61 Å². The van der Waals surface area contributed by atoms with Gasteiger partial charge in [-0.05, 0) is 19.1 Å². The van der Waals surface area contributed by atoms with Gasteiger partial charge in [-0.25, -0.2) is 8.42 Å². The molecule has 0 aliphatic rings. The van der Waals surface area contributed by atoms with E-state index < -0.39 is 21.3 Å². The van der Waals surface area contributed by atoms with Crippen molar-refractivity contribution in [3.05, 3.63) is 29.8 Å². The molecule has 0 heterocycles. The molecule has 84 valence electrons. The van der Waals surface area contributed by atoms with Crippen molar-refractivity contribution in [2.75, 3.05) is 7.05 Å². The lowest BCUT2D eigenvalue weighted by molar-refractivity contribution is 0.487. The van der Waals surface area contributed by atoms with Crippen LogP contribution in [-0.4, -0.2) is 27.9 Å². The molecule has 0 saturated carbocycles. The molecule has 0 aromatic heterocycles. The molecular weight excluding hydrogens is 238 g/mol. The molecule has 0 aliphatic heterocycles. The summed E-state index contributed by atoms with van der Waals surface area (Å²) in [6.45, 7) is 1.81. The fraction of sp³-hybridized carbons (Fsp3) is 0.250. The van der Waals surface area contributed by atoms with Crippen molar-refractivity contribution >= 4 is 21.3 Å². The van der Waals surface area contributed by atoms with Crippen LogP contribution in [0.4, 0.5) is 0 Å². The first-order chi connectivity index (χ1) is 6.85. The van der Waals surface area contributed by atoms with Gasteiger partial charge in [-0.1, -0.05) is 17.7 Å². The average Bonchev–Trinajstić information content (AvgIpc) is 2.17. The Morgan fingerprint density at radius 3 is 2.13 bits per heavy atom. The third-order valence-electron chi connectivity index (χ3n) is 1.87. The summed E-state index contributed by atoms with van der Waals surface area (Å²) in [6, 6.07) is 5.95. The minimum absolute atomic E-state index is 0.0419. The van der Waals surface area contributed by atoms with E-state index in [9.17, 15) is 17.2 Å². The third-order valence-corrected chi connectivity index (χ3v) is 4.79. The highest BCUT2D eigenvalue weighted by atomic mass is 32.3. The second kappa shape index (κ2) is 4.40. The van der Waals surface area contributed by atoms with Crippen LogP contribution in [0.5, 0.6) is 0 Å². The van der Waals surface area contributed by atoms with Gasteiger partial charge < -0.3 is 4.55 Å². The first-order valence-electron chi connectivity index (χ1n) is 4.00. The Bertz CT molecular complexity index is 466. The second-order valence-electron chi connectivity index (χ2n) is 2.94. The van der Waals surface area contributed by atoms with E-state index in [1.54, 1.807) is 12.1 Å². The third kappa shape index (κ3) is 2.63. The molecule has 0 amide bonds. The molecule has 0 saturated heterocycles. The maximum Gasteiger partial charge on any atom is 0.253 e. The van der Waals surface area contributed by atoms with Gasteiger partial charge >= 0.3 is 0 Å². The van der Waals surface area contributed by atoms with Crippen LogP contribution in [0.1, 0.15) is 5.56 Å². The zero-order chi connectivity index (χ0) is 11.6. The van der Waals surface area contributed by atoms with Gasteiger partial charge in [-0.15, -0.1) is 3.71 Å². The smallest absolute Gasteiger partial charge is 0.253 e. The zero-order valence-corrected chi connectivity index (χ0v) is 9.84. The average molecular weight is 248 g/mol. The predicted octanol–water partition coefficient (Wildman–Crippen LogP) is 0.410. The van der Waals surface area contributed by atoms with Crippen LogP contribution in [-0.2, 0) is 21.3 Å². The first kappa shape index (κ1) is 12.3. The van der Waals surface area contributed by atoms with E-state index in [1.165, 1.54) is 12.1 Å². The summed E-state index contributed by atoms with van der Waals surface area (Å²) in [5.74, 6) is 0. The van der Waals surface area contributed by atoms with Crippen molar-refractivity contribution in [1.29, 1.82) is 0 Å². The van der Waals surface area contributed by atoms with E-state index in [0.717, 1.165) is 12.6 Å². The molecule has 0 fully saturated rings. The van der Waals surface area contributed by atoms with Crippen LogP contribution in [0, 0.1) is 6.92 Å². The summed E-state index contributed by atoms with van der Waals surface area (Å²) in [7, 11) is -2.95. The Labute approximate surface area is 91.2 Å². The lowest BCUT2D eigenvalue weighted by Crippen LogP contribution is -2.28. The summed E-state index contributed by atoms with van der Waals surface area (Å²) >= 11 is -2.79. The molecule has 7 heteroatoms. The number of benzene rings is 1. The molecule has 15 heavy (non-hydrogen) atoms. The lowest BCUT2D eigenvalue weighted by atomic mass is 10.2. The minimum Gasteiger partial charge on any atom is -0.759 e. The fourth-order valence-electron chi connectivity index (χ4n) is 0.939. The molecule has 0 aliphatic carbocycles. The summed E-state index contributed by atoms with van der Waals surface area (Å²) in [5.41, 5.74) is 0.903. The molecule has 0 spiro atoms. The van der Waals surface area contributed by atoms with Gasteiger partial charge in [0.25, 0.3) is 10.0 Å². The van der Waals surface area contributed by atoms with Gasteiger partial charge in [0.05, 0.1) is 4.90 Å². The first-order valence-corrected chi connectivity index (χ1v) is 6.48. The van der Waals surface area contributed by atoms with Crippen molar-refractivity contribution in [3.63, 3.8) is 0 Å². The highest BCUT2D eigenvalue weighted by Gasteiger charge is 2.20. The molecule has 0 bridgehead atoms. The molecular formula is C8H10NO4S2-. The Morgan fingerprint density at radius 2 is 1.73 bits per heavy atom. The molecule has 1 aromatic rings. The van der Waals surface area contributed by atoms with Crippen LogP contribution < -0.4 is 0 Å². The monoisotopic (exact) mass is 248 g/mol. The van der Waals surface area contributed by atoms with E-state index >= 15 is 0 Å². The Balaban J connectivity index is 3.17. The van der Waals surface area contributed by atoms with Gasteiger partial charge in [-0.3, -0.25) is 4.21 Å². The Morgan fingerprint density at radius 1 is 1.27 bits per heavy atom. The van der Waals surface area contributed by atoms with E-state index in [4.69, 9.17) is 0 Å². The number of hydrogen-bond acceptors (Lipinski definition) is 4. The minimum atomic E-state index is -3.93. The number of nitrogens with zero attached hydrogens (tertiary/aromatic N) is 1. The van der Waals surface area contributed by atoms with Gasteiger partial charge in [0.2, 0.25) is 0 Å². The van der Waals surface area contributed by atoms with Crippen molar-refractivity contribution < 1.29 is 17.2 Å². The van der Waals surface area contributed by atoms with Gasteiger partial charge in [0.15, 0.2) is 0 Å². The topological polar surface area (TPSA) is 77.5 Å². The molecule has 1 atom stereocenters. The molecule has 1 unspecified atom stereocenters. The highest BCUT2D eigenvalue weighted by molar-refractivity contribution is 7.99. The summed E-state index contributed by atoms with van der Waals surface area (Å²) in [4.78, 5) is -0.0419. The van der Waals surface area contributed by atoms with Gasteiger partial charge in [0, 0.05) is 18.3 Å². The second-order valence-corrected chi connectivity index (χ2v) is 6.13. The summed E-state index contributed by atoms with van der Waals surface area (Å²) < 4.78 is 44.6. The fourth-order valence-corrected chi connectivity index (χ4v) is 2.61. The van der Waals surface area contributed by atoms with Crippen LogP contribution >= 0.6 is 0 Å². The molecule has 0 N–H and O–H groups in total. The molecule has 0 radical (unpaired) electrons. The van der Waals surface area contributed by atoms with Crippen LogP contribution in [0.15, 0.2) is 29.2 Å². The zero-order valence-electron chi connectivity index (χ0n) is 8.21. The van der Waals surface area contributed by atoms with E-state index in [0.29, 0.717) is 0 Å². The Hall–Kier alpha value is -0.760. The van der Waals surface area contributed by atoms with Crippen LogP contribution in [0.2, 0.25) is 0 Å². The predicted molar refractivity (Wildman–Crippen MR) is 55.0 cm³/mol. The molecule has 1 aromatic carbocycles. The van der Waals surface area contributed by atoms with E-state index in [2.05, 4.69) is 0 Å². The van der Waals surface area contributed by atoms with Crippen LogP contribution in [0.3, 0.4) is 0 Å². The molecule has 5 nitrogen and oxygen atoms in total. The van der Waals surface area contributed by atoms with Crippen molar-refractivity contribution in [2.24, 2.45) is 0 Å². The molecule has 1 rings (SSSR count). The quantitative estimate of drug-likeness (QED) is 0.726. The highest BCUT2D eigenvalue weighted by Crippen LogP contribution is 2.15. The van der Waals surface area contributed by atoms with Gasteiger partial charge in [-0.2, -0.15) is 0 Å². The van der Waals surface area contributed by atoms with Gasteiger partial charge in [0.1, 0.15) is 0 Å². The van der Waals surface area contributed by atoms with Crippen molar-refractivity contribution in [3.8, 4) is 0 Å². The largest absolute Gasteiger partial charge is 0.759 e. The maximum absolute atomic E-state index is 11.6. The number of aryl methyl sites for hydroxylation is 1. The normalized spacial score (nSPS) is 14.1. The summed E-state index contributed by atoms with van der Waals surface area (Å²) in [6.07, 6.45) is 0. The van der Waals surface area contributed by atoms with Crippen LogP contribution in [0.25, 0.3) is 0 Å². The lowest BCUT2D eigenvalue weighted by Gasteiger charge is -2.18. The Kier molecular flexibility index (Phi) is 3.61. The van der Waals surface area contributed by atoms with Crippen molar-refractivity contribution in [1.82, 2.24) is 3.71 Å². The SMILES string of the molecule is Cc1ccc(S(=O)(=O)N(C)S(=O)[O-])cc1.